The largest absolute Gasteiger partial charge is 0.605 e. The monoisotopic (exact) mass is 376 g/mol. The number of benzene rings is 1. The molecule has 0 heterocycles. The van der Waals surface area contributed by atoms with E-state index in [-0.39, 0.29) is 23.1 Å². The van der Waals surface area contributed by atoms with E-state index in [4.69, 9.17) is 16.7 Å². The van der Waals surface area contributed by atoms with Gasteiger partial charge in [-0.2, -0.15) is 0 Å². The highest BCUT2D eigenvalue weighted by molar-refractivity contribution is 7.54. The summed E-state index contributed by atoms with van der Waals surface area (Å²) in [6.07, 6.45) is 2.04. The highest BCUT2D eigenvalue weighted by Crippen LogP contribution is 2.24. The summed E-state index contributed by atoms with van der Waals surface area (Å²) in [7, 11) is -4.83. The average molecular weight is 376 g/mol. The Hall–Kier alpha value is -1.02. The molecule has 0 aromatic heterocycles. The van der Waals surface area contributed by atoms with Gasteiger partial charge in [-0.15, -0.1) is 0 Å². The molecule has 8 N–H and O–H groups in total. The SMILES string of the molecule is NCCCCC(N)C(=O)NCc1ccc(P(O)O)cc1[P+]([O-])=NO. The maximum Gasteiger partial charge on any atom is 0.241 e. The molecule has 1 aromatic rings. The molecule has 24 heavy (non-hydrogen) atoms. The van der Waals surface area contributed by atoms with Crippen molar-refractivity contribution in [3.63, 3.8) is 0 Å². The highest BCUT2D eigenvalue weighted by Gasteiger charge is 2.19. The number of unbranched alkanes of at least 4 members (excludes halogenated alkanes) is 1. The third kappa shape index (κ3) is 6.47. The van der Waals surface area contributed by atoms with Crippen molar-refractivity contribution in [2.75, 3.05) is 6.54 Å². The minimum absolute atomic E-state index is 0.0322. The molecule has 0 spiro atoms. The van der Waals surface area contributed by atoms with Crippen LogP contribution in [0.25, 0.3) is 0 Å². The van der Waals surface area contributed by atoms with Gasteiger partial charge in [-0.05, 0) is 25.5 Å². The normalized spacial score (nSPS) is 13.2. The first-order valence-electron chi connectivity index (χ1n) is 7.27. The lowest BCUT2D eigenvalue weighted by molar-refractivity contribution is -0.154. The molecule has 0 aliphatic rings. The number of nitrogens with one attached hydrogen (secondary N) is 1. The van der Waals surface area contributed by atoms with Crippen LogP contribution in [-0.4, -0.2) is 33.5 Å². The molecule has 134 valence electrons. The first kappa shape index (κ1) is 21.0. The summed E-state index contributed by atoms with van der Waals surface area (Å²) >= 11 is 0. The fourth-order valence-corrected chi connectivity index (χ4v) is 3.30. The summed E-state index contributed by atoms with van der Waals surface area (Å²) in [6.45, 7) is 0.574. The Morgan fingerprint density at radius 3 is 2.71 bits per heavy atom. The fourth-order valence-electron chi connectivity index (χ4n) is 2.01. The van der Waals surface area contributed by atoms with Crippen molar-refractivity contribution in [3.8, 4) is 0 Å². The first-order chi connectivity index (χ1) is 11.4. The van der Waals surface area contributed by atoms with Gasteiger partial charge < -0.3 is 31.5 Å². The number of hydrogen-bond acceptors (Lipinski definition) is 7. The van der Waals surface area contributed by atoms with E-state index in [1.54, 1.807) is 0 Å². The second-order valence-electron chi connectivity index (χ2n) is 5.07. The number of amides is 1. The lowest BCUT2D eigenvalue weighted by atomic mass is 10.1. The van der Waals surface area contributed by atoms with Crippen LogP contribution in [0.5, 0.6) is 0 Å². The smallest absolute Gasteiger partial charge is 0.241 e. The zero-order valence-corrected chi connectivity index (χ0v) is 14.8. The van der Waals surface area contributed by atoms with E-state index in [1.165, 1.54) is 18.2 Å². The van der Waals surface area contributed by atoms with Crippen molar-refractivity contribution in [3.05, 3.63) is 23.8 Å². The molecule has 2 unspecified atom stereocenters. The number of rotatable bonds is 9. The third-order valence-electron chi connectivity index (χ3n) is 3.35. The Balaban J connectivity index is 2.78. The minimum Gasteiger partial charge on any atom is -0.605 e. The number of nitrogens with two attached hydrogens (primary N) is 2. The molecular weight excluding hydrogens is 354 g/mol. The molecule has 0 radical (unpaired) electrons. The second kappa shape index (κ2) is 10.8. The van der Waals surface area contributed by atoms with E-state index in [9.17, 15) is 19.5 Å². The van der Waals surface area contributed by atoms with Gasteiger partial charge in [0.2, 0.25) is 13.8 Å². The molecule has 1 aromatic carbocycles. The van der Waals surface area contributed by atoms with Gasteiger partial charge in [0.25, 0.3) is 0 Å². The van der Waals surface area contributed by atoms with Crippen molar-refractivity contribution in [2.24, 2.45) is 16.4 Å². The highest BCUT2D eigenvalue weighted by atomic mass is 31.2. The van der Waals surface area contributed by atoms with E-state index in [0.29, 0.717) is 18.5 Å². The lowest BCUT2D eigenvalue weighted by Crippen LogP contribution is -2.40. The standard InChI is InChI=1S/C13H22N4O5P2/c14-6-2-1-3-11(15)13(18)16-8-9-4-5-10(24(21)22)7-12(9)23(20)17-19/h4-5,7,11,19,21-22H,1-3,6,8,14-15H2,(H,16,18). The molecule has 1 rings (SSSR count). The lowest BCUT2D eigenvalue weighted by Gasteiger charge is -2.13. The number of carbonyl (C=O) groups is 1. The van der Waals surface area contributed by atoms with Crippen LogP contribution in [0, 0.1) is 0 Å². The Morgan fingerprint density at radius 2 is 2.12 bits per heavy atom. The van der Waals surface area contributed by atoms with Crippen molar-refractivity contribution < 1.29 is 24.7 Å². The third-order valence-corrected chi connectivity index (χ3v) is 5.08. The van der Waals surface area contributed by atoms with Gasteiger partial charge in [-0.25, -0.2) is 5.21 Å². The zero-order chi connectivity index (χ0) is 18.1. The van der Waals surface area contributed by atoms with E-state index in [0.717, 1.165) is 12.8 Å². The van der Waals surface area contributed by atoms with Crippen LogP contribution in [-0.2, 0) is 11.3 Å². The van der Waals surface area contributed by atoms with Crippen LogP contribution in [0.2, 0.25) is 0 Å². The predicted molar refractivity (Wildman–Crippen MR) is 90.9 cm³/mol. The van der Waals surface area contributed by atoms with E-state index >= 15 is 0 Å². The summed E-state index contributed by atoms with van der Waals surface area (Å²) < 4.78 is 0. The summed E-state index contributed by atoms with van der Waals surface area (Å²) in [5, 5.41) is 11.6. The summed E-state index contributed by atoms with van der Waals surface area (Å²) in [4.78, 5) is 44.9. The molecule has 11 heteroatoms. The summed E-state index contributed by atoms with van der Waals surface area (Å²) in [5.74, 6) is -0.357. The van der Waals surface area contributed by atoms with Gasteiger partial charge in [-0.1, -0.05) is 12.5 Å². The molecule has 0 saturated heterocycles. The zero-order valence-electron chi connectivity index (χ0n) is 13.0. The quantitative estimate of drug-likeness (QED) is 0.175. The molecule has 0 bridgehead atoms. The van der Waals surface area contributed by atoms with Gasteiger partial charge in [0, 0.05) is 23.5 Å². The molecule has 0 aliphatic carbocycles. The molecular formula is C13H22N4O5P2. The van der Waals surface area contributed by atoms with Crippen LogP contribution < -0.4 is 32.3 Å². The first-order valence-corrected chi connectivity index (χ1v) is 9.73. The molecule has 1 amide bonds. The maximum atomic E-state index is 11.9. The van der Waals surface area contributed by atoms with Crippen LogP contribution in [0.15, 0.2) is 23.1 Å². The van der Waals surface area contributed by atoms with Crippen molar-refractivity contribution in [1.82, 2.24) is 5.32 Å². The maximum absolute atomic E-state index is 11.9. The van der Waals surface area contributed by atoms with E-state index < -0.39 is 22.4 Å². The second-order valence-corrected chi connectivity index (χ2v) is 7.38. The van der Waals surface area contributed by atoms with Crippen LogP contribution in [0.4, 0.5) is 0 Å². The predicted octanol–water partition coefficient (Wildman–Crippen LogP) is -1.36. The molecule has 2 atom stereocenters. The van der Waals surface area contributed by atoms with Crippen molar-refractivity contribution in [1.29, 1.82) is 0 Å². The van der Waals surface area contributed by atoms with E-state index in [1.807, 2.05) is 0 Å². The van der Waals surface area contributed by atoms with Gasteiger partial charge in [-0.3, -0.25) is 4.79 Å². The molecule has 0 aliphatic heterocycles. The number of hydrogen-bond donors (Lipinski definition) is 6. The Labute approximate surface area is 142 Å². The van der Waals surface area contributed by atoms with E-state index in [2.05, 4.69) is 10.2 Å². The fraction of sp³-hybridized carbons (Fsp3) is 0.462. The average Bonchev–Trinajstić information content (AvgIpc) is 2.58. The van der Waals surface area contributed by atoms with Crippen LogP contribution in [0.1, 0.15) is 24.8 Å². The molecule has 0 saturated carbocycles. The Kier molecular flexibility index (Phi) is 9.43. The van der Waals surface area contributed by atoms with Crippen LogP contribution >= 0.6 is 16.3 Å². The minimum atomic E-state index is -2.47. The van der Waals surface area contributed by atoms with Gasteiger partial charge in [0.05, 0.1) is 11.0 Å². The Morgan fingerprint density at radius 1 is 1.42 bits per heavy atom. The van der Waals surface area contributed by atoms with Gasteiger partial charge in [0.15, 0.2) is 13.7 Å². The number of carbonyl (C=O) groups excluding carboxylic acids is 1. The Bertz CT molecular complexity index is 585. The van der Waals surface area contributed by atoms with Crippen molar-refractivity contribution in [2.45, 2.75) is 31.8 Å². The molecule has 0 fully saturated rings. The summed E-state index contributed by atoms with van der Waals surface area (Å²) in [5.41, 5.74) is 11.6. The van der Waals surface area contributed by atoms with Crippen LogP contribution in [0.3, 0.4) is 0 Å². The summed E-state index contributed by atoms with van der Waals surface area (Å²) in [6, 6.07) is 3.55. The molecule has 9 nitrogen and oxygen atoms in total. The van der Waals surface area contributed by atoms with Crippen molar-refractivity contribution >= 4 is 32.8 Å². The van der Waals surface area contributed by atoms with Gasteiger partial charge >= 0.3 is 0 Å². The van der Waals surface area contributed by atoms with Gasteiger partial charge in [0.1, 0.15) is 0 Å². The topological polar surface area (TPSA) is 177 Å². The number of nitrogens with zero attached hydrogens (tertiary/aromatic N) is 1.